The fourth-order valence-electron chi connectivity index (χ4n) is 9.33. The number of para-hydroxylation sites is 4. The molecule has 4 heteroatoms. The summed E-state index contributed by atoms with van der Waals surface area (Å²) >= 11 is 0. The van der Waals surface area contributed by atoms with Gasteiger partial charge in [-0.2, -0.15) is 0 Å². The molecule has 0 saturated heterocycles. The van der Waals surface area contributed by atoms with Crippen molar-refractivity contribution >= 4 is 110 Å². The first kappa shape index (κ1) is 32.7. The summed E-state index contributed by atoms with van der Waals surface area (Å²) < 4.78 is 13.4. The minimum atomic E-state index is 0.867. The lowest BCUT2D eigenvalue weighted by Crippen LogP contribution is -2.12. The number of nitrogens with zero attached hydrogens (tertiary/aromatic N) is 2. The predicted molar refractivity (Wildman–Crippen MR) is 244 cm³/mol. The molecule has 0 saturated carbocycles. The van der Waals surface area contributed by atoms with Crippen LogP contribution in [0.2, 0.25) is 0 Å². The van der Waals surface area contributed by atoms with Crippen molar-refractivity contribution in [1.82, 2.24) is 0 Å². The summed E-state index contributed by atoms with van der Waals surface area (Å²) in [5.74, 6) is 0. The van der Waals surface area contributed by atoms with Gasteiger partial charge in [0.05, 0.1) is 22.7 Å². The van der Waals surface area contributed by atoms with Crippen LogP contribution in [0.5, 0.6) is 0 Å². The van der Waals surface area contributed by atoms with E-state index in [2.05, 4.69) is 194 Å². The summed E-state index contributed by atoms with van der Waals surface area (Å²) in [5, 5.41) is 11.6. The second kappa shape index (κ2) is 12.5. The third kappa shape index (κ3) is 4.82. The Bertz CT molecular complexity index is 3340. The Balaban J connectivity index is 1.14. The van der Waals surface area contributed by atoms with Crippen LogP contribution in [0.15, 0.2) is 191 Å². The van der Waals surface area contributed by atoms with Crippen molar-refractivity contribution in [3.05, 3.63) is 193 Å². The van der Waals surface area contributed by atoms with Gasteiger partial charge < -0.3 is 18.6 Å². The minimum absolute atomic E-state index is 0.867. The zero-order chi connectivity index (χ0) is 38.5. The lowest BCUT2D eigenvalue weighted by Gasteiger charge is -2.29. The molecule has 0 N–H and O–H groups in total. The molecule has 58 heavy (non-hydrogen) atoms. The van der Waals surface area contributed by atoms with E-state index in [1.807, 2.05) is 12.1 Å². The van der Waals surface area contributed by atoms with Gasteiger partial charge in [0.15, 0.2) is 11.2 Å². The van der Waals surface area contributed by atoms with Crippen molar-refractivity contribution in [2.24, 2.45) is 0 Å². The number of furan rings is 2. The van der Waals surface area contributed by atoms with Gasteiger partial charge in [-0.05, 0) is 107 Å². The van der Waals surface area contributed by atoms with Crippen molar-refractivity contribution in [2.45, 2.75) is 13.8 Å². The smallest absolute Gasteiger partial charge is 0.159 e. The van der Waals surface area contributed by atoms with Crippen LogP contribution in [0.25, 0.3) is 76.2 Å². The Morgan fingerprint density at radius 3 is 1.21 bits per heavy atom. The second-order valence-corrected chi connectivity index (χ2v) is 15.4. The maximum absolute atomic E-state index is 6.69. The molecule has 4 nitrogen and oxygen atoms in total. The van der Waals surface area contributed by atoms with E-state index in [-0.39, 0.29) is 0 Å². The van der Waals surface area contributed by atoms with Crippen molar-refractivity contribution in [3.63, 3.8) is 0 Å². The quantitative estimate of drug-likeness (QED) is 0.159. The average Bonchev–Trinajstić information content (AvgIpc) is 3.84. The van der Waals surface area contributed by atoms with Gasteiger partial charge in [0.1, 0.15) is 11.2 Å². The molecule has 0 atom stereocenters. The Labute approximate surface area is 334 Å². The molecule has 2 heterocycles. The molecular weight excluding hydrogens is 709 g/mol. The molecule has 0 aliphatic rings. The Hall–Kier alpha value is -7.56. The van der Waals surface area contributed by atoms with Crippen LogP contribution in [0, 0.1) is 13.8 Å². The van der Waals surface area contributed by atoms with Crippen LogP contribution < -0.4 is 9.80 Å². The summed E-state index contributed by atoms with van der Waals surface area (Å²) in [6, 6.07) is 65.4. The molecule has 0 aliphatic carbocycles. The molecule has 12 rings (SSSR count). The van der Waals surface area contributed by atoms with Gasteiger partial charge >= 0.3 is 0 Å². The van der Waals surface area contributed by atoms with Gasteiger partial charge in [-0.25, -0.2) is 0 Å². The number of hydrogen-bond donors (Lipinski definition) is 0. The maximum Gasteiger partial charge on any atom is 0.159 e. The van der Waals surface area contributed by atoms with Crippen LogP contribution in [0.1, 0.15) is 11.1 Å². The zero-order valence-corrected chi connectivity index (χ0v) is 32.0. The van der Waals surface area contributed by atoms with Crippen molar-refractivity contribution < 1.29 is 8.83 Å². The van der Waals surface area contributed by atoms with E-state index in [1.165, 1.54) is 43.4 Å². The molecular formula is C54H36N2O2. The summed E-state index contributed by atoms with van der Waals surface area (Å²) in [4.78, 5) is 4.76. The molecule has 0 fully saturated rings. The molecule has 0 unspecified atom stereocenters. The highest BCUT2D eigenvalue weighted by Crippen LogP contribution is 2.50. The van der Waals surface area contributed by atoms with Crippen molar-refractivity contribution in [3.8, 4) is 0 Å². The predicted octanol–water partition coefficient (Wildman–Crippen LogP) is 15.9. The largest absolute Gasteiger partial charge is 0.454 e. The van der Waals surface area contributed by atoms with E-state index in [4.69, 9.17) is 8.83 Å². The van der Waals surface area contributed by atoms with Gasteiger partial charge in [-0.15, -0.1) is 0 Å². The van der Waals surface area contributed by atoms with E-state index in [1.54, 1.807) is 0 Å². The monoisotopic (exact) mass is 744 g/mol. The molecule has 0 amide bonds. The van der Waals surface area contributed by atoms with Gasteiger partial charge in [0.2, 0.25) is 0 Å². The fourth-order valence-corrected chi connectivity index (χ4v) is 9.33. The Morgan fingerprint density at radius 2 is 0.741 bits per heavy atom. The summed E-state index contributed by atoms with van der Waals surface area (Å²) in [6.07, 6.45) is 0. The maximum atomic E-state index is 6.69. The van der Waals surface area contributed by atoms with E-state index < -0.39 is 0 Å². The fraction of sp³-hybridized carbons (Fsp3) is 0.0370. The number of hydrogen-bond acceptors (Lipinski definition) is 4. The highest BCUT2D eigenvalue weighted by atomic mass is 16.3. The molecule has 0 spiro atoms. The highest BCUT2D eigenvalue weighted by molar-refractivity contribution is 6.28. The first-order valence-corrected chi connectivity index (χ1v) is 19.8. The molecule has 12 aromatic rings. The van der Waals surface area contributed by atoms with Crippen molar-refractivity contribution in [2.75, 3.05) is 9.80 Å². The second-order valence-electron chi connectivity index (χ2n) is 15.4. The molecule has 10 aromatic carbocycles. The Morgan fingerprint density at radius 1 is 0.328 bits per heavy atom. The van der Waals surface area contributed by atoms with E-state index in [0.717, 1.165) is 78.0 Å². The minimum Gasteiger partial charge on any atom is -0.454 e. The van der Waals surface area contributed by atoms with Gasteiger partial charge in [0.25, 0.3) is 0 Å². The SMILES string of the molecule is Cc1cccc(N(c2ccc3ccc4c(N(c5cccc(C)c5)c5cccc6c5oc5ccccc56)ccc5ccc2c3c54)c2cccc3c2oc2ccccc23)c1. The van der Waals surface area contributed by atoms with Crippen LogP contribution in [0.3, 0.4) is 0 Å². The van der Waals surface area contributed by atoms with Crippen LogP contribution >= 0.6 is 0 Å². The molecule has 2 aromatic heterocycles. The zero-order valence-electron chi connectivity index (χ0n) is 32.0. The van der Waals surface area contributed by atoms with E-state index in [9.17, 15) is 0 Å². The van der Waals surface area contributed by atoms with Gasteiger partial charge in [-0.3, -0.25) is 0 Å². The van der Waals surface area contributed by atoms with Gasteiger partial charge in [0, 0.05) is 43.7 Å². The van der Waals surface area contributed by atoms with E-state index >= 15 is 0 Å². The third-order valence-electron chi connectivity index (χ3n) is 11.9. The van der Waals surface area contributed by atoms with Gasteiger partial charge in [-0.1, -0.05) is 121 Å². The van der Waals surface area contributed by atoms with E-state index in [0.29, 0.717) is 0 Å². The summed E-state index contributed by atoms with van der Waals surface area (Å²) in [7, 11) is 0. The van der Waals surface area contributed by atoms with Crippen LogP contribution in [0.4, 0.5) is 34.1 Å². The standard InChI is InChI=1S/C54H36N2O2/c1-33-11-7-13-37(31-33)55(47-19-9-17-41-39-15-3-5-21-49(39)57-53(41)47)45-29-25-35-24-28-44-46(30-26-36-23-27-43(45)51(35)52(36)44)56(38-14-8-12-34(2)32-38)48-20-10-18-42-40-16-4-6-22-50(40)58-54(42)48/h3-32H,1-2H3. The first-order chi connectivity index (χ1) is 28.6. The lowest BCUT2D eigenvalue weighted by molar-refractivity contribution is 0.669. The van der Waals surface area contributed by atoms with Crippen LogP contribution in [-0.2, 0) is 0 Å². The number of fused-ring (bicyclic) bond motifs is 6. The normalized spacial score (nSPS) is 12.0. The first-order valence-electron chi connectivity index (χ1n) is 19.8. The third-order valence-corrected chi connectivity index (χ3v) is 11.9. The molecule has 0 radical (unpaired) electrons. The number of rotatable bonds is 6. The lowest BCUT2D eigenvalue weighted by atomic mass is 9.91. The number of anilines is 6. The van der Waals surface area contributed by atoms with Crippen LogP contribution in [-0.4, -0.2) is 0 Å². The summed E-state index contributed by atoms with van der Waals surface area (Å²) in [5.41, 5.74) is 12.2. The average molecular weight is 745 g/mol. The number of aryl methyl sites for hydroxylation is 2. The molecule has 274 valence electrons. The highest BCUT2D eigenvalue weighted by Gasteiger charge is 2.25. The number of benzene rings is 10. The molecule has 0 bridgehead atoms. The summed E-state index contributed by atoms with van der Waals surface area (Å²) in [6.45, 7) is 4.31. The topological polar surface area (TPSA) is 32.8 Å². The van der Waals surface area contributed by atoms with Crippen molar-refractivity contribution in [1.29, 1.82) is 0 Å². The Kier molecular flexibility index (Phi) is 7.02. The molecule has 0 aliphatic heterocycles.